The zero-order chi connectivity index (χ0) is 22.1. The van der Waals surface area contributed by atoms with E-state index in [9.17, 15) is 23.1 Å². The molecule has 1 heterocycles. The molecule has 8 nitrogen and oxygen atoms in total. The summed E-state index contributed by atoms with van der Waals surface area (Å²) in [5, 5.41) is 12.5. The third-order valence-corrected chi connectivity index (χ3v) is 9.98. The molecule has 28 heavy (non-hydrogen) atoms. The van der Waals surface area contributed by atoms with Crippen LogP contribution in [0, 0.1) is 11.4 Å². The first kappa shape index (κ1) is 24.5. The Kier molecular flexibility index (Phi) is 7.09. The average Bonchev–Trinajstić information content (AvgIpc) is 2.79. The smallest absolute Gasteiger partial charge is 0.409 e. The molecule has 0 spiro atoms. The van der Waals surface area contributed by atoms with Crippen LogP contribution in [0.5, 0.6) is 0 Å². The minimum atomic E-state index is -4.72. The molecule has 0 bridgehead atoms. The summed E-state index contributed by atoms with van der Waals surface area (Å²) in [6.45, 7) is 11.1. The van der Waals surface area contributed by atoms with Gasteiger partial charge in [0.25, 0.3) is 0 Å². The number of ether oxygens (including phenoxy) is 1. The van der Waals surface area contributed by atoms with Crippen LogP contribution in [-0.2, 0) is 9.16 Å². The molecule has 1 amide bonds. The molecule has 1 saturated heterocycles. The predicted octanol–water partition coefficient (Wildman–Crippen LogP) is 4.22. The lowest BCUT2D eigenvalue weighted by molar-refractivity contribution is -0.201. The Morgan fingerprint density at radius 2 is 1.96 bits per heavy atom. The third-order valence-electron chi connectivity index (χ3n) is 5.51. The molecule has 1 rings (SSSR count). The van der Waals surface area contributed by atoms with Crippen LogP contribution in [0.15, 0.2) is 5.11 Å². The molecule has 0 aromatic heterocycles. The predicted molar refractivity (Wildman–Crippen MR) is 97.4 cm³/mol. The monoisotopic (exact) mass is 427 g/mol. The quantitative estimate of drug-likeness (QED) is 0.376. The van der Waals surface area contributed by atoms with E-state index in [0.717, 1.165) is 4.90 Å². The molecule has 0 saturated carbocycles. The van der Waals surface area contributed by atoms with Crippen LogP contribution in [0.4, 0.5) is 18.0 Å². The van der Waals surface area contributed by atoms with Gasteiger partial charge in [0.05, 0.1) is 18.8 Å². The first-order valence-corrected chi connectivity index (χ1v) is 11.8. The second-order valence-corrected chi connectivity index (χ2v) is 13.6. The van der Waals surface area contributed by atoms with Gasteiger partial charge in [-0.1, -0.05) is 20.8 Å². The lowest BCUT2D eigenvalue weighted by Crippen LogP contribution is -2.59. The van der Waals surface area contributed by atoms with Crippen molar-refractivity contribution in [3.63, 3.8) is 0 Å². The molecule has 162 valence electrons. The SMILES string of the molecule is CC1(C)OC[C@H]([C@H](O[Si](C)(C)C(C)(C)C)[C@H](CN=[N+]=N)C(F)(F)F)N1C(=O)O. The number of nitrogens with zero attached hydrogens (tertiary/aromatic N) is 3. The lowest BCUT2D eigenvalue weighted by atomic mass is 9.94. The average molecular weight is 428 g/mol. The molecule has 0 unspecified atom stereocenters. The van der Waals surface area contributed by atoms with E-state index >= 15 is 0 Å². The van der Waals surface area contributed by atoms with E-state index in [-0.39, 0.29) is 6.61 Å². The Balaban J connectivity index is 3.50. The Morgan fingerprint density at radius 1 is 1.43 bits per heavy atom. The number of hydrogen-bond acceptors (Lipinski definition) is 5. The summed E-state index contributed by atoms with van der Waals surface area (Å²) in [5.41, 5.74) is 5.44. The zero-order valence-electron chi connectivity index (χ0n) is 17.3. The standard InChI is InChI=1S/C16H29F3N4O4Si/c1-14(2,3)28(6,7)27-12(10(8-21-22-20)16(17,18)19)11-9-26-15(4,5)23(11)13(24)25/h10-12,20H,8-9H2,1-7H3/p+1/t10-,11+,12+/m0/s1. The van der Waals surface area contributed by atoms with Gasteiger partial charge in [-0.15, -0.1) is 0 Å². The number of nitrogens with one attached hydrogen (secondary N) is 1. The van der Waals surface area contributed by atoms with Crippen LogP contribution >= 0.6 is 0 Å². The maximum Gasteiger partial charge on any atom is 0.409 e. The minimum Gasteiger partial charge on any atom is -0.465 e. The first-order valence-electron chi connectivity index (χ1n) is 8.89. The Bertz CT molecular complexity index is 630. The second-order valence-electron chi connectivity index (χ2n) is 8.89. The first-order chi connectivity index (χ1) is 12.5. The van der Waals surface area contributed by atoms with Crippen molar-refractivity contribution in [1.82, 2.24) is 9.81 Å². The highest BCUT2D eigenvalue weighted by Crippen LogP contribution is 2.43. The summed E-state index contributed by atoms with van der Waals surface area (Å²) >= 11 is 0. The summed E-state index contributed by atoms with van der Waals surface area (Å²) in [5.74, 6) is -2.12. The van der Waals surface area contributed by atoms with Crippen LogP contribution in [-0.4, -0.2) is 61.6 Å². The number of carboxylic acid groups (broad SMARTS) is 1. The van der Waals surface area contributed by atoms with Gasteiger partial charge in [-0.3, -0.25) is 4.90 Å². The van der Waals surface area contributed by atoms with Crippen molar-refractivity contribution in [2.75, 3.05) is 13.2 Å². The van der Waals surface area contributed by atoms with E-state index in [4.69, 9.17) is 14.7 Å². The normalized spacial score (nSPS) is 22.5. The molecule has 0 aliphatic carbocycles. The third kappa shape index (κ3) is 5.31. The zero-order valence-corrected chi connectivity index (χ0v) is 18.3. The van der Waals surface area contributed by atoms with Crippen LogP contribution in [0.3, 0.4) is 0 Å². The van der Waals surface area contributed by atoms with E-state index in [1.54, 1.807) is 13.1 Å². The molecule has 12 heteroatoms. The Hall–Kier alpha value is -1.49. The number of carbonyl (C=O) groups is 1. The Morgan fingerprint density at radius 3 is 2.36 bits per heavy atom. The fourth-order valence-electron chi connectivity index (χ4n) is 2.91. The molecule has 1 aliphatic heterocycles. The van der Waals surface area contributed by atoms with E-state index in [1.807, 2.05) is 20.8 Å². The van der Waals surface area contributed by atoms with Crippen molar-refractivity contribution < 1.29 is 32.2 Å². The minimum absolute atomic E-state index is 0.233. The molecule has 1 fully saturated rings. The van der Waals surface area contributed by atoms with Crippen LogP contribution in [0.25, 0.3) is 0 Å². The summed E-state index contributed by atoms with van der Waals surface area (Å²) in [4.78, 5) is 15.4. The molecule has 3 atom stereocenters. The molecular formula is C16H30F3N4O4Si+. The van der Waals surface area contributed by atoms with Crippen LogP contribution in [0.2, 0.25) is 18.1 Å². The van der Waals surface area contributed by atoms with Crippen LogP contribution in [0.1, 0.15) is 34.6 Å². The van der Waals surface area contributed by atoms with Crippen LogP contribution < -0.4 is 4.91 Å². The van der Waals surface area contributed by atoms with Gasteiger partial charge < -0.3 is 14.3 Å². The van der Waals surface area contributed by atoms with E-state index in [2.05, 4.69) is 10.0 Å². The largest absolute Gasteiger partial charge is 0.465 e. The summed E-state index contributed by atoms with van der Waals surface area (Å²) in [6, 6.07) is -1.17. The molecule has 1 aliphatic rings. The topological polar surface area (TPSA) is 109 Å². The van der Waals surface area contributed by atoms with Gasteiger partial charge in [0, 0.05) is 0 Å². The van der Waals surface area contributed by atoms with E-state index in [0.29, 0.717) is 0 Å². The van der Waals surface area contributed by atoms with E-state index < -0.39 is 56.0 Å². The number of rotatable bonds is 6. The summed E-state index contributed by atoms with van der Waals surface area (Å²) in [7, 11) is -2.72. The molecule has 0 radical (unpaired) electrons. The van der Waals surface area contributed by atoms with Gasteiger partial charge >= 0.3 is 12.3 Å². The maximum atomic E-state index is 13.9. The van der Waals surface area contributed by atoms with Gasteiger partial charge in [-0.25, -0.2) is 4.79 Å². The molecule has 0 aromatic rings. The summed E-state index contributed by atoms with van der Waals surface area (Å²) in [6.07, 6.45) is -7.65. The van der Waals surface area contributed by atoms with E-state index in [1.165, 1.54) is 13.8 Å². The number of halogens is 3. The second kappa shape index (κ2) is 8.09. The van der Waals surface area contributed by atoms with Gasteiger partial charge in [-0.05, 0) is 32.0 Å². The fourth-order valence-corrected chi connectivity index (χ4v) is 4.27. The highest BCUT2D eigenvalue weighted by molar-refractivity contribution is 6.74. The van der Waals surface area contributed by atoms with Gasteiger partial charge in [-0.2, -0.15) is 13.2 Å². The maximum absolute atomic E-state index is 13.9. The molecule has 2 N–H and O–H groups in total. The van der Waals surface area contributed by atoms with Gasteiger partial charge in [0.2, 0.25) is 4.91 Å². The Labute approximate surface area is 163 Å². The molecular weight excluding hydrogens is 397 g/mol. The highest BCUT2D eigenvalue weighted by atomic mass is 28.4. The summed E-state index contributed by atoms with van der Waals surface area (Å²) < 4.78 is 53.3. The van der Waals surface area contributed by atoms with Crippen molar-refractivity contribution >= 4 is 14.4 Å². The van der Waals surface area contributed by atoms with Gasteiger partial charge in [0.15, 0.2) is 8.32 Å². The van der Waals surface area contributed by atoms with Crippen molar-refractivity contribution in [2.24, 2.45) is 11.0 Å². The molecule has 0 aromatic carbocycles. The number of amides is 1. The lowest BCUT2D eigenvalue weighted by Gasteiger charge is -2.44. The van der Waals surface area contributed by atoms with Crippen molar-refractivity contribution in [1.29, 1.82) is 5.53 Å². The van der Waals surface area contributed by atoms with Crippen molar-refractivity contribution in [3.8, 4) is 0 Å². The fraction of sp³-hybridized carbons (Fsp3) is 0.938. The van der Waals surface area contributed by atoms with Gasteiger partial charge in [0.1, 0.15) is 28.8 Å². The number of alkyl halides is 3. The highest BCUT2D eigenvalue weighted by Gasteiger charge is 2.57. The van der Waals surface area contributed by atoms with Crippen molar-refractivity contribution in [3.05, 3.63) is 0 Å². The van der Waals surface area contributed by atoms with Crippen molar-refractivity contribution in [2.45, 2.75) is 76.8 Å². The number of hydrogen-bond donors (Lipinski definition) is 2.